The number of hydrogen-bond donors (Lipinski definition) is 1. The molecule has 0 aromatic heterocycles. The van der Waals surface area contributed by atoms with Crippen LogP contribution in [0.3, 0.4) is 0 Å². The van der Waals surface area contributed by atoms with Gasteiger partial charge in [0.2, 0.25) is 0 Å². The molecule has 0 saturated heterocycles. The topological polar surface area (TPSA) is 68.8 Å². The Bertz CT molecular complexity index is 716. The number of nitrogens with zero attached hydrogens (tertiary/aromatic N) is 2. The van der Waals surface area contributed by atoms with Crippen LogP contribution in [0.1, 0.15) is 11.1 Å². The van der Waals surface area contributed by atoms with Crippen molar-refractivity contribution in [1.82, 2.24) is 0 Å². The lowest BCUT2D eigenvalue weighted by Gasteiger charge is -2.12. The SMILES string of the molecule is N#CCOc1ccccc1CNc1cc(Cl)ccc1C#N. The van der Waals surface area contributed by atoms with Crippen molar-refractivity contribution >= 4 is 17.3 Å². The standard InChI is InChI=1S/C16H12ClN3O/c17-14-6-5-12(10-19)15(9-14)20-11-13-3-1-2-4-16(13)21-8-7-18/h1-6,9,20H,8,11H2. The molecule has 2 rings (SSSR count). The van der Waals surface area contributed by atoms with Gasteiger partial charge in [-0.15, -0.1) is 0 Å². The fourth-order valence-electron chi connectivity index (χ4n) is 1.85. The molecule has 2 aromatic carbocycles. The summed E-state index contributed by atoms with van der Waals surface area (Å²) < 4.78 is 5.36. The van der Waals surface area contributed by atoms with Gasteiger partial charge >= 0.3 is 0 Å². The molecule has 0 bridgehead atoms. The van der Waals surface area contributed by atoms with E-state index >= 15 is 0 Å². The van der Waals surface area contributed by atoms with Crippen LogP contribution in [-0.4, -0.2) is 6.61 Å². The van der Waals surface area contributed by atoms with Gasteiger partial charge in [0.1, 0.15) is 17.9 Å². The minimum atomic E-state index is -0.00236. The van der Waals surface area contributed by atoms with Gasteiger partial charge in [-0.1, -0.05) is 29.8 Å². The van der Waals surface area contributed by atoms with Crippen LogP contribution in [0.2, 0.25) is 5.02 Å². The van der Waals surface area contributed by atoms with Crippen LogP contribution in [-0.2, 0) is 6.54 Å². The van der Waals surface area contributed by atoms with Crippen molar-refractivity contribution in [3.63, 3.8) is 0 Å². The molecule has 2 aromatic rings. The van der Waals surface area contributed by atoms with Crippen molar-refractivity contribution in [2.45, 2.75) is 6.54 Å². The summed E-state index contributed by atoms with van der Waals surface area (Å²) in [6, 6.07) is 16.5. The van der Waals surface area contributed by atoms with Crippen LogP contribution in [0.25, 0.3) is 0 Å². The van der Waals surface area contributed by atoms with E-state index in [4.69, 9.17) is 26.9 Å². The predicted octanol–water partition coefficient (Wildman–Crippen LogP) is 3.73. The van der Waals surface area contributed by atoms with E-state index in [9.17, 15) is 0 Å². The van der Waals surface area contributed by atoms with E-state index in [1.165, 1.54) is 0 Å². The summed E-state index contributed by atoms with van der Waals surface area (Å²) in [5.74, 6) is 0.645. The molecule has 0 aliphatic heterocycles. The highest BCUT2D eigenvalue weighted by Gasteiger charge is 2.06. The summed E-state index contributed by atoms with van der Waals surface area (Å²) in [5.41, 5.74) is 2.09. The summed E-state index contributed by atoms with van der Waals surface area (Å²) in [7, 11) is 0. The molecule has 0 amide bonds. The lowest BCUT2D eigenvalue weighted by Crippen LogP contribution is -2.04. The van der Waals surface area contributed by atoms with Crippen LogP contribution >= 0.6 is 11.6 Å². The van der Waals surface area contributed by atoms with Crippen LogP contribution in [0.4, 0.5) is 5.69 Å². The maximum Gasteiger partial charge on any atom is 0.174 e. The molecule has 0 fully saturated rings. The van der Waals surface area contributed by atoms with Gasteiger partial charge < -0.3 is 10.1 Å². The zero-order valence-electron chi connectivity index (χ0n) is 11.1. The number of benzene rings is 2. The summed E-state index contributed by atoms with van der Waals surface area (Å²) in [4.78, 5) is 0. The van der Waals surface area contributed by atoms with Crippen molar-refractivity contribution in [3.05, 3.63) is 58.6 Å². The van der Waals surface area contributed by atoms with E-state index in [-0.39, 0.29) is 6.61 Å². The molecule has 21 heavy (non-hydrogen) atoms. The van der Waals surface area contributed by atoms with Crippen LogP contribution in [0, 0.1) is 22.7 Å². The Morgan fingerprint density at radius 3 is 2.71 bits per heavy atom. The summed E-state index contributed by atoms with van der Waals surface area (Å²) in [6.45, 7) is 0.467. The molecular weight excluding hydrogens is 286 g/mol. The first kappa shape index (κ1) is 14.7. The fraction of sp³-hybridized carbons (Fsp3) is 0.125. The third kappa shape index (κ3) is 3.89. The second kappa shape index (κ2) is 7.19. The quantitative estimate of drug-likeness (QED) is 0.913. The zero-order valence-corrected chi connectivity index (χ0v) is 11.9. The van der Waals surface area contributed by atoms with E-state index in [1.54, 1.807) is 24.3 Å². The van der Waals surface area contributed by atoms with Crippen LogP contribution in [0.5, 0.6) is 5.75 Å². The number of hydrogen-bond acceptors (Lipinski definition) is 4. The first-order valence-corrected chi connectivity index (χ1v) is 6.63. The Kier molecular flexibility index (Phi) is 5.04. The first-order valence-electron chi connectivity index (χ1n) is 6.26. The van der Waals surface area contributed by atoms with E-state index < -0.39 is 0 Å². The smallest absolute Gasteiger partial charge is 0.174 e. The minimum Gasteiger partial charge on any atom is -0.478 e. The molecule has 104 valence electrons. The maximum absolute atomic E-state index is 9.08. The lowest BCUT2D eigenvalue weighted by atomic mass is 10.1. The molecule has 4 nitrogen and oxygen atoms in total. The van der Waals surface area contributed by atoms with Gasteiger partial charge in [-0.3, -0.25) is 0 Å². The molecule has 0 aliphatic carbocycles. The summed E-state index contributed by atoms with van der Waals surface area (Å²) >= 11 is 5.95. The molecular formula is C16H12ClN3O. The van der Waals surface area contributed by atoms with Gasteiger partial charge in [0.05, 0.1) is 11.3 Å². The summed E-state index contributed by atoms with van der Waals surface area (Å²) in [5, 5.41) is 21.4. The van der Waals surface area contributed by atoms with Crippen LogP contribution < -0.4 is 10.1 Å². The molecule has 0 saturated carbocycles. The van der Waals surface area contributed by atoms with Crippen molar-refractivity contribution in [1.29, 1.82) is 10.5 Å². The Hall–Kier alpha value is -2.69. The van der Waals surface area contributed by atoms with E-state index in [0.717, 1.165) is 5.56 Å². The van der Waals surface area contributed by atoms with Crippen molar-refractivity contribution in [3.8, 4) is 17.9 Å². The zero-order chi connectivity index (χ0) is 15.1. The number of rotatable bonds is 5. The van der Waals surface area contributed by atoms with Crippen molar-refractivity contribution < 1.29 is 4.74 Å². The van der Waals surface area contributed by atoms with E-state index in [0.29, 0.717) is 28.6 Å². The fourth-order valence-corrected chi connectivity index (χ4v) is 2.02. The van der Waals surface area contributed by atoms with Crippen LogP contribution in [0.15, 0.2) is 42.5 Å². The number of halogens is 1. The highest BCUT2D eigenvalue weighted by atomic mass is 35.5. The Morgan fingerprint density at radius 1 is 1.14 bits per heavy atom. The predicted molar refractivity (Wildman–Crippen MR) is 81.0 cm³/mol. The molecule has 0 radical (unpaired) electrons. The van der Waals surface area contributed by atoms with Gasteiger partial charge in [-0.2, -0.15) is 10.5 Å². The van der Waals surface area contributed by atoms with Gasteiger partial charge in [-0.05, 0) is 24.3 Å². The van der Waals surface area contributed by atoms with Gasteiger partial charge in [0, 0.05) is 17.1 Å². The van der Waals surface area contributed by atoms with Crippen molar-refractivity contribution in [2.24, 2.45) is 0 Å². The molecule has 0 unspecified atom stereocenters. The van der Waals surface area contributed by atoms with Gasteiger partial charge in [0.25, 0.3) is 0 Å². The number of para-hydroxylation sites is 1. The maximum atomic E-state index is 9.08. The van der Waals surface area contributed by atoms with E-state index in [1.807, 2.05) is 24.3 Å². The highest BCUT2D eigenvalue weighted by molar-refractivity contribution is 6.30. The molecule has 0 aliphatic rings. The first-order chi connectivity index (χ1) is 10.2. The monoisotopic (exact) mass is 297 g/mol. The summed E-state index contributed by atoms with van der Waals surface area (Å²) in [6.07, 6.45) is 0. The van der Waals surface area contributed by atoms with Gasteiger partial charge in [0.15, 0.2) is 6.61 Å². The lowest BCUT2D eigenvalue weighted by molar-refractivity contribution is 0.364. The number of nitrogens with one attached hydrogen (secondary N) is 1. The molecule has 0 spiro atoms. The number of anilines is 1. The Labute approximate surface area is 128 Å². The molecule has 5 heteroatoms. The average Bonchev–Trinajstić information content (AvgIpc) is 2.52. The van der Waals surface area contributed by atoms with Gasteiger partial charge in [-0.25, -0.2) is 0 Å². The molecule has 1 N–H and O–H groups in total. The Balaban J connectivity index is 2.16. The molecule has 0 atom stereocenters. The largest absolute Gasteiger partial charge is 0.478 e. The number of nitriles is 2. The second-order valence-corrected chi connectivity index (χ2v) is 4.65. The third-order valence-electron chi connectivity index (χ3n) is 2.84. The minimum absolute atomic E-state index is 0.00236. The average molecular weight is 298 g/mol. The molecule has 0 heterocycles. The number of ether oxygens (including phenoxy) is 1. The van der Waals surface area contributed by atoms with Crippen molar-refractivity contribution in [2.75, 3.05) is 11.9 Å². The third-order valence-corrected chi connectivity index (χ3v) is 3.07. The Morgan fingerprint density at radius 2 is 1.95 bits per heavy atom. The van der Waals surface area contributed by atoms with E-state index in [2.05, 4.69) is 11.4 Å². The normalized spacial score (nSPS) is 9.48. The highest BCUT2D eigenvalue weighted by Crippen LogP contribution is 2.23. The second-order valence-electron chi connectivity index (χ2n) is 4.21.